The first kappa shape index (κ1) is 15.5. The zero-order chi connectivity index (χ0) is 14.4. The number of benzene rings is 1. The molecule has 1 aliphatic rings. The van der Waals surface area contributed by atoms with E-state index in [1.807, 2.05) is 7.05 Å². The van der Waals surface area contributed by atoms with Crippen LogP contribution in [0.4, 0.5) is 0 Å². The summed E-state index contributed by atoms with van der Waals surface area (Å²) in [4.78, 5) is 5.10. The third-order valence-electron chi connectivity index (χ3n) is 4.32. The van der Waals surface area contributed by atoms with Gasteiger partial charge >= 0.3 is 0 Å². The van der Waals surface area contributed by atoms with E-state index in [0.29, 0.717) is 6.04 Å². The molecule has 1 fully saturated rings. The zero-order valence-corrected chi connectivity index (χ0v) is 13.2. The summed E-state index contributed by atoms with van der Waals surface area (Å²) in [6.07, 6.45) is 2.40. The van der Waals surface area contributed by atoms with Crippen molar-refractivity contribution in [2.24, 2.45) is 0 Å². The van der Waals surface area contributed by atoms with Crippen molar-refractivity contribution in [2.45, 2.75) is 32.4 Å². The van der Waals surface area contributed by atoms with E-state index < -0.39 is 0 Å². The van der Waals surface area contributed by atoms with Crippen LogP contribution in [0.2, 0.25) is 0 Å². The van der Waals surface area contributed by atoms with Gasteiger partial charge in [-0.15, -0.1) is 0 Å². The maximum Gasteiger partial charge on any atom is 0.0239 e. The van der Waals surface area contributed by atoms with Crippen molar-refractivity contribution < 1.29 is 0 Å². The van der Waals surface area contributed by atoms with Gasteiger partial charge < -0.3 is 10.2 Å². The van der Waals surface area contributed by atoms with Gasteiger partial charge in [0.2, 0.25) is 0 Å². The second-order valence-electron chi connectivity index (χ2n) is 6.06. The molecule has 0 bridgehead atoms. The molecule has 3 heteroatoms. The molecule has 1 aromatic carbocycles. The standard InChI is InChI=1S/C17H29N3/c1-15-13-19(3)11-6-12-20(15)14-17-8-5-4-7-16(17)9-10-18-2/h4-5,7-8,15,18H,6,9-14H2,1-3H3. The third-order valence-corrected chi connectivity index (χ3v) is 4.32. The molecule has 1 atom stereocenters. The van der Waals surface area contributed by atoms with Gasteiger partial charge in [-0.05, 0) is 58.1 Å². The quantitative estimate of drug-likeness (QED) is 0.886. The van der Waals surface area contributed by atoms with Gasteiger partial charge in [-0.3, -0.25) is 4.90 Å². The van der Waals surface area contributed by atoms with Crippen molar-refractivity contribution in [2.75, 3.05) is 40.3 Å². The lowest BCUT2D eigenvalue weighted by atomic mass is 10.0. The second-order valence-corrected chi connectivity index (χ2v) is 6.06. The Hall–Kier alpha value is -0.900. The highest BCUT2D eigenvalue weighted by Gasteiger charge is 2.20. The fraction of sp³-hybridized carbons (Fsp3) is 0.647. The van der Waals surface area contributed by atoms with Crippen LogP contribution >= 0.6 is 0 Å². The molecule has 0 aliphatic carbocycles. The summed E-state index contributed by atoms with van der Waals surface area (Å²) in [6.45, 7) is 8.12. The minimum Gasteiger partial charge on any atom is -0.319 e. The van der Waals surface area contributed by atoms with E-state index in [-0.39, 0.29) is 0 Å². The van der Waals surface area contributed by atoms with Gasteiger partial charge in [0.15, 0.2) is 0 Å². The molecule has 1 unspecified atom stereocenters. The van der Waals surface area contributed by atoms with Gasteiger partial charge in [-0.1, -0.05) is 24.3 Å². The Morgan fingerprint density at radius 1 is 1.20 bits per heavy atom. The summed E-state index contributed by atoms with van der Waals surface area (Å²) in [5.74, 6) is 0. The predicted molar refractivity (Wildman–Crippen MR) is 86.1 cm³/mol. The highest BCUT2D eigenvalue weighted by Crippen LogP contribution is 2.16. The number of likely N-dealkylation sites (N-methyl/N-ethyl adjacent to an activating group) is 2. The topological polar surface area (TPSA) is 18.5 Å². The van der Waals surface area contributed by atoms with Gasteiger partial charge in [0.1, 0.15) is 0 Å². The molecule has 112 valence electrons. The van der Waals surface area contributed by atoms with Gasteiger partial charge in [0.25, 0.3) is 0 Å². The lowest BCUT2D eigenvalue weighted by Crippen LogP contribution is -2.37. The highest BCUT2D eigenvalue weighted by atomic mass is 15.2. The Kier molecular flexibility index (Phi) is 6.02. The lowest BCUT2D eigenvalue weighted by Gasteiger charge is -2.28. The molecule has 20 heavy (non-hydrogen) atoms. The van der Waals surface area contributed by atoms with Crippen LogP contribution in [-0.4, -0.2) is 56.1 Å². The average Bonchev–Trinajstić information content (AvgIpc) is 2.59. The monoisotopic (exact) mass is 275 g/mol. The van der Waals surface area contributed by atoms with Gasteiger partial charge in [-0.25, -0.2) is 0 Å². The number of nitrogens with zero attached hydrogens (tertiary/aromatic N) is 2. The van der Waals surface area contributed by atoms with Crippen LogP contribution in [-0.2, 0) is 13.0 Å². The first-order valence-electron chi connectivity index (χ1n) is 7.84. The smallest absolute Gasteiger partial charge is 0.0239 e. The van der Waals surface area contributed by atoms with Crippen LogP contribution in [0.15, 0.2) is 24.3 Å². The van der Waals surface area contributed by atoms with Gasteiger partial charge in [0, 0.05) is 25.7 Å². The summed E-state index contributed by atoms with van der Waals surface area (Å²) >= 11 is 0. The average molecular weight is 275 g/mol. The van der Waals surface area contributed by atoms with E-state index >= 15 is 0 Å². The van der Waals surface area contributed by atoms with E-state index in [4.69, 9.17) is 0 Å². The maximum absolute atomic E-state index is 3.25. The Balaban J connectivity index is 2.04. The van der Waals surface area contributed by atoms with Crippen LogP contribution < -0.4 is 5.32 Å². The van der Waals surface area contributed by atoms with E-state index in [9.17, 15) is 0 Å². The van der Waals surface area contributed by atoms with Crippen molar-refractivity contribution in [3.8, 4) is 0 Å². The van der Waals surface area contributed by atoms with Crippen molar-refractivity contribution in [1.29, 1.82) is 0 Å². The normalized spacial score (nSPS) is 21.9. The predicted octanol–water partition coefficient (Wildman–Crippen LogP) is 1.97. The van der Waals surface area contributed by atoms with Crippen LogP contribution in [0.5, 0.6) is 0 Å². The Morgan fingerprint density at radius 2 is 1.95 bits per heavy atom. The third kappa shape index (κ3) is 4.30. The minimum atomic E-state index is 0.639. The summed E-state index contributed by atoms with van der Waals surface area (Å²) in [7, 11) is 4.26. The maximum atomic E-state index is 3.25. The largest absolute Gasteiger partial charge is 0.319 e. The molecule has 1 saturated heterocycles. The molecule has 0 amide bonds. The summed E-state index contributed by atoms with van der Waals surface area (Å²) in [6, 6.07) is 9.55. The number of hydrogen-bond donors (Lipinski definition) is 1. The lowest BCUT2D eigenvalue weighted by molar-refractivity contribution is 0.194. The minimum absolute atomic E-state index is 0.639. The summed E-state index contributed by atoms with van der Waals surface area (Å²) in [5, 5.41) is 3.25. The Morgan fingerprint density at radius 3 is 2.70 bits per heavy atom. The summed E-state index contributed by atoms with van der Waals surface area (Å²) < 4.78 is 0. The van der Waals surface area contributed by atoms with E-state index in [2.05, 4.69) is 53.4 Å². The Labute approximate surface area is 124 Å². The molecule has 3 nitrogen and oxygen atoms in total. The first-order chi connectivity index (χ1) is 9.70. The molecule has 1 aliphatic heterocycles. The van der Waals surface area contributed by atoms with Crippen LogP contribution in [0.3, 0.4) is 0 Å². The van der Waals surface area contributed by atoms with Crippen LogP contribution in [0.1, 0.15) is 24.5 Å². The van der Waals surface area contributed by atoms with Crippen molar-refractivity contribution in [3.05, 3.63) is 35.4 Å². The van der Waals surface area contributed by atoms with E-state index in [0.717, 1.165) is 19.5 Å². The Bertz CT molecular complexity index is 405. The van der Waals surface area contributed by atoms with Crippen molar-refractivity contribution >= 4 is 0 Å². The fourth-order valence-electron chi connectivity index (χ4n) is 3.09. The van der Waals surface area contributed by atoms with Crippen molar-refractivity contribution in [3.63, 3.8) is 0 Å². The summed E-state index contributed by atoms with van der Waals surface area (Å²) in [5.41, 5.74) is 2.99. The molecule has 0 saturated carbocycles. The van der Waals surface area contributed by atoms with Crippen LogP contribution in [0.25, 0.3) is 0 Å². The van der Waals surface area contributed by atoms with Gasteiger partial charge in [-0.2, -0.15) is 0 Å². The molecular weight excluding hydrogens is 246 g/mol. The first-order valence-corrected chi connectivity index (χ1v) is 7.84. The SMILES string of the molecule is CNCCc1ccccc1CN1CCCN(C)CC1C. The molecule has 1 aromatic rings. The number of hydrogen-bond acceptors (Lipinski definition) is 3. The zero-order valence-electron chi connectivity index (χ0n) is 13.2. The fourth-order valence-corrected chi connectivity index (χ4v) is 3.09. The molecule has 0 aromatic heterocycles. The molecule has 2 rings (SSSR count). The molecule has 1 heterocycles. The molecular formula is C17H29N3. The van der Waals surface area contributed by atoms with Gasteiger partial charge in [0.05, 0.1) is 0 Å². The van der Waals surface area contributed by atoms with E-state index in [1.165, 1.54) is 37.2 Å². The highest BCUT2D eigenvalue weighted by molar-refractivity contribution is 5.27. The second kappa shape index (κ2) is 7.77. The van der Waals surface area contributed by atoms with E-state index in [1.54, 1.807) is 0 Å². The molecule has 0 spiro atoms. The molecule has 0 radical (unpaired) electrons. The number of rotatable bonds is 5. The van der Waals surface area contributed by atoms with Crippen LogP contribution in [0, 0.1) is 0 Å². The number of nitrogens with one attached hydrogen (secondary N) is 1. The van der Waals surface area contributed by atoms with Crippen molar-refractivity contribution in [1.82, 2.24) is 15.1 Å². The molecule has 1 N–H and O–H groups in total.